The van der Waals surface area contributed by atoms with Crippen LogP contribution >= 0.6 is 34.5 Å². The van der Waals surface area contributed by atoms with Gasteiger partial charge in [-0.3, -0.25) is 19.8 Å². The van der Waals surface area contributed by atoms with Crippen molar-refractivity contribution < 1.29 is 22.8 Å². The van der Waals surface area contributed by atoms with Gasteiger partial charge in [-0.15, -0.1) is 11.3 Å². The summed E-state index contributed by atoms with van der Waals surface area (Å²) >= 11 is 12.6. The zero-order chi connectivity index (χ0) is 26.1. The van der Waals surface area contributed by atoms with Crippen LogP contribution in [0.15, 0.2) is 30.3 Å². The van der Waals surface area contributed by atoms with Crippen LogP contribution in [0.5, 0.6) is 0 Å². The van der Waals surface area contributed by atoms with Crippen molar-refractivity contribution in [3.8, 4) is 0 Å². The van der Waals surface area contributed by atoms with E-state index in [-0.39, 0.29) is 38.6 Å². The number of carbonyl (C=O) groups is 3. The van der Waals surface area contributed by atoms with Gasteiger partial charge in [-0.05, 0) is 24.8 Å². The van der Waals surface area contributed by atoms with Crippen LogP contribution in [0.2, 0.25) is 10.0 Å². The third-order valence-electron chi connectivity index (χ3n) is 5.31. The SMILES string of the molecule is N=C(N)c1sc(C(=O)N(C(=O)[C@@H]2CCCN2C(=O)[C@@H](N)Cc2ccccc2)S(N)(=O)=O)c(Cl)c1Cl. The smallest absolute Gasteiger partial charge is 0.308 e. The fourth-order valence-electron chi connectivity index (χ4n) is 3.73. The number of amides is 3. The fourth-order valence-corrected chi connectivity index (χ4v) is 6.07. The maximum Gasteiger partial charge on any atom is 0.308 e. The number of hydrogen-bond acceptors (Lipinski definition) is 8. The summed E-state index contributed by atoms with van der Waals surface area (Å²) in [7, 11) is -4.92. The highest BCUT2D eigenvalue weighted by atomic mass is 35.5. The Bertz CT molecular complexity index is 1280. The van der Waals surface area contributed by atoms with Crippen molar-refractivity contribution in [2.75, 3.05) is 6.54 Å². The zero-order valence-electron chi connectivity index (χ0n) is 18.1. The first kappa shape index (κ1) is 27.0. The third-order valence-corrected chi connectivity index (χ3v) is 8.45. The van der Waals surface area contributed by atoms with Gasteiger partial charge in [-0.2, -0.15) is 12.7 Å². The first-order valence-electron chi connectivity index (χ1n) is 10.2. The molecule has 0 radical (unpaired) electrons. The van der Waals surface area contributed by atoms with Crippen LogP contribution in [0.1, 0.15) is 33.0 Å². The molecule has 35 heavy (non-hydrogen) atoms. The first-order chi connectivity index (χ1) is 16.3. The zero-order valence-corrected chi connectivity index (χ0v) is 21.3. The molecule has 0 unspecified atom stereocenters. The summed E-state index contributed by atoms with van der Waals surface area (Å²) in [6, 6.07) is 6.73. The quantitative estimate of drug-likeness (QED) is 0.220. The van der Waals surface area contributed by atoms with Crippen molar-refractivity contribution in [2.24, 2.45) is 16.6 Å². The second-order valence-electron chi connectivity index (χ2n) is 7.74. The van der Waals surface area contributed by atoms with Crippen LogP contribution in [-0.4, -0.2) is 59.8 Å². The Morgan fingerprint density at radius 3 is 2.31 bits per heavy atom. The van der Waals surface area contributed by atoms with Gasteiger partial charge >= 0.3 is 10.2 Å². The molecule has 1 aromatic carbocycles. The lowest BCUT2D eigenvalue weighted by Crippen LogP contribution is -2.56. The summed E-state index contributed by atoms with van der Waals surface area (Å²) in [6.07, 6.45) is 0.679. The Morgan fingerprint density at radius 2 is 1.77 bits per heavy atom. The van der Waals surface area contributed by atoms with Gasteiger partial charge < -0.3 is 16.4 Å². The molecule has 11 nitrogen and oxygen atoms in total. The number of nitrogens with one attached hydrogen (secondary N) is 1. The van der Waals surface area contributed by atoms with Gasteiger partial charge in [-0.1, -0.05) is 53.5 Å². The molecular weight excluding hydrogens is 539 g/mol. The van der Waals surface area contributed by atoms with E-state index < -0.39 is 50.7 Å². The number of hydrogen-bond donors (Lipinski definition) is 4. The maximum absolute atomic E-state index is 13.3. The summed E-state index contributed by atoms with van der Waals surface area (Å²) < 4.78 is 24.5. The number of amidine groups is 1. The molecule has 188 valence electrons. The highest BCUT2D eigenvalue weighted by Crippen LogP contribution is 2.38. The average molecular weight is 561 g/mol. The number of nitrogens with zero attached hydrogens (tertiary/aromatic N) is 2. The average Bonchev–Trinajstić information content (AvgIpc) is 3.38. The second-order valence-corrected chi connectivity index (χ2v) is 10.9. The van der Waals surface area contributed by atoms with E-state index in [1.165, 1.54) is 0 Å². The van der Waals surface area contributed by atoms with Crippen LogP contribution in [0, 0.1) is 5.41 Å². The Balaban J connectivity index is 1.90. The predicted molar refractivity (Wildman–Crippen MR) is 132 cm³/mol. The number of carbonyl (C=O) groups excluding carboxylic acids is 3. The summed E-state index contributed by atoms with van der Waals surface area (Å²) in [4.78, 5) is 40.1. The topological polar surface area (TPSA) is 194 Å². The van der Waals surface area contributed by atoms with Crippen LogP contribution in [0.3, 0.4) is 0 Å². The number of nitrogens with two attached hydrogens (primary N) is 3. The monoisotopic (exact) mass is 560 g/mol. The van der Waals surface area contributed by atoms with E-state index in [2.05, 4.69) is 0 Å². The summed E-state index contributed by atoms with van der Waals surface area (Å²) in [5, 5.41) is 12.1. The van der Waals surface area contributed by atoms with Crippen LogP contribution in [-0.2, 0) is 26.2 Å². The molecular formula is C20H22Cl2N6O5S2. The van der Waals surface area contributed by atoms with E-state index in [9.17, 15) is 22.8 Å². The van der Waals surface area contributed by atoms with Crippen molar-refractivity contribution in [3.63, 3.8) is 0 Å². The maximum atomic E-state index is 13.3. The number of halogens is 2. The first-order valence-corrected chi connectivity index (χ1v) is 13.3. The molecule has 7 N–H and O–H groups in total. The van der Waals surface area contributed by atoms with E-state index in [0.29, 0.717) is 17.8 Å². The number of nitrogen functional groups attached to an aromatic ring is 1. The van der Waals surface area contributed by atoms with Crippen molar-refractivity contribution in [1.29, 1.82) is 5.41 Å². The molecule has 15 heteroatoms. The van der Waals surface area contributed by atoms with Gasteiger partial charge in [-0.25, -0.2) is 5.14 Å². The number of benzene rings is 1. The van der Waals surface area contributed by atoms with Crippen LogP contribution in [0.25, 0.3) is 0 Å². The predicted octanol–water partition coefficient (Wildman–Crippen LogP) is 1.07. The molecule has 2 heterocycles. The van der Waals surface area contributed by atoms with Gasteiger partial charge in [0.05, 0.1) is 21.0 Å². The highest BCUT2D eigenvalue weighted by Gasteiger charge is 2.44. The molecule has 1 aromatic heterocycles. The minimum atomic E-state index is -4.92. The van der Waals surface area contributed by atoms with E-state index in [1.54, 1.807) is 24.3 Å². The molecule has 0 spiro atoms. The fraction of sp³-hybridized carbons (Fsp3) is 0.300. The van der Waals surface area contributed by atoms with Crippen molar-refractivity contribution in [2.45, 2.75) is 31.3 Å². The van der Waals surface area contributed by atoms with Crippen LogP contribution in [0.4, 0.5) is 0 Å². The molecule has 0 bridgehead atoms. The van der Waals surface area contributed by atoms with E-state index >= 15 is 0 Å². The van der Waals surface area contributed by atoms with Crippen LogP contribution < -0.4 is 16.6 Å². The number of rotatable bonds is 7. The second kappa shape index (κ2) is 10.6. The Morgan fingerprint density at radius 1 is 1.17 bits per heavy atom. The van der Waals surface area contributed by atoms with Gasteiger partial charge in [0, 0.05) is 6.54 Å². The summed E-state index contributed by atoms with van der Waals surface area (Å²) in [6.45, 7) is 0.143. The normalized spacial score (nSPS) is 16.7. The molecule has 1 fully saturated rings. The molecule has 3 rings (SSSR count). The van der Waals surface area contributed by atoms with Crippen molar-refractivity contribution in [3.05, 3.63) is 55.7 Å². The van der Waals surface area contributed by atoms with Crippen molar-refractivity contribution in [1.82, 2.24) is 9.21 Å². The van der Waals surface area contributed by atoms with Gasteiger partial charge in [0.2, 0.25) is 5.91 Å². The third kappa shape index (κ3) is 5.66. The van der Waals surface area contributed by atoms with Gasteiger partial charge in [0.1, 0.15) is 16.8 Å². The van der Waals surface area contributed by atoms with Gasteiger partial charge in [0.25, 0.3) is 11.8 Å². The Labute approximate surface area is 215 Å². The molecule has 2 aromatic rings. The van der Waals surface area contributed by atoms with E-state index in [4.69, 9.17) is 45.2 Å². The highest BCUT2D eigenvalue weighted by molar-refractivity contribution is 7.88. The largest absolute Gasteiger partial charge is 0.383 e. The lowest BCUT2D eigenvalue weighted by atomic mass is 10.1. The number of imide groups is 1. The molecule has 0 aliphatic carbocycles. The summed E-state index contributed by atoms with van der Waals surface area (Å²) in [5.74, 6) is -3.66. The Kier molecular flexibility index (Phi) is 8.19. The molecule has 1 saturated heterocycles. The number of thiophene rings is 1. The standard InChI is InChI=1S/C20H22Cl2N6O5S2/c21-13-14(22)16(34-15(13)17(24)25)20(31)28(35(26,32)33)19(30)12-7-4-8-27(12)18(29)11(23)9-10-5-2-1-3-6-10/h1-3,5-6,11-12H,4,7-9,23H2,(H3,24,25)(H2,26,32,33)/t11-,12-/m0/s1. The minimum absolute atomic E-state index is 0.0774. The number of likely N-dealkylation sites (tertiary alicyclic amines) is 1. The van der Waals surface area contributed by atoms with Gasteiger partial charge in [0.15, 0.2) is 0 Å². The molecule has 0 saturated carbocycles. The molecule has 2 atom stereocenters. The molecule has 1 aliphatic heterocycles. The molecule has 1 aliphatic rings. The molecule has 3 amide bonds. The van der Waals surface area contributed by atoms with Crippen molar-refractivity contribution >= 4 is 68.3 Å². The van der Waals surface area contributed by atoms with E-state index in [1.807, 2.05) is 6.07 Å². The minimum Gasteiger partial charge on any atom is -0.383 e. The Hall–Kier alpha value is -2.55. The lowest BCUT2D eigenvalue weighted by Gasteiger charge is -2.29. The summed E-state index contributed by atoms with van der Waals surface area (Å²) in [5.41, 5.74) is 12.3. The lowest BCUT2D eigenvalue weighted by molar-refractivity contribution is -0.141. The van der Waals surface area contributed by atoms with E-state index in [0.717, 1.165) is 10.5 Å².